The lowest BCUT2D eigenvalue weighted by Gasteiger charge is -2.35. The van der Waals surface area contributed by atoms with Crippen molar-refractivity contribution in [2.24, 2.45) is 0 Å². The topological polar surface area (TPSA) is 12.5 Å². The normalized spacial score (nSPS) is 14.2. The first-order chi connectivity index (χ1) is 26.5. The summed E-state index contributed by atoms with van der Waals surface area (Å²) < 4.78 is 6.37. The van der Waals surface area contributed by atoms with Crippen molar-refractivity contribution in [3.8, 4) is 33.8 Å². The molecule has 1 aliphatic heterocycles. The molecule has 0 fully saturated rings. The van der Waals surface area contributed by atoms with Gasteiger partial charge in [-0.15, -0.1) is 0 Å². The van der Waals surface area contributed by atoms with Crippen LogP contribution in [0.3, 0.4) is 0 Å². The number of nitrogens with zero attached hydrogens (tertiary/aromatic N) is 1. The maximum Gasteiger partial charge on any atom is 0.131 e. The standard InChI is InChI=1S/C52H39NO/c1-51(2)47-26-13-14-27-49(47)54-50-33-30-37(34-48(50)51)36-28-31-41(32-29-36)53(40-19-7-4-8-20-40)42-21-15-18-39(35-42)52(38-16-5-3-6-17-38)45-24-11-9-22-43(45)44-23-10-12-25-46(44)52/h3-35H,1-2H3. The van der Waals surface area contributed by atoms with Crippen molar-refractivity contribution in [2.75, 3.05) is 4.90 Å². The molecule has 0 spiro atoms. The summed E-state index contributed by atoms with van der Waals surface area (Å²) in [6.07, 6.45) is 0. The number of benzene rings is 8. The molecule has 2 aliphatic rings. The first kappa shape index (κ1) is 32.0. The molecule has 0 atom stereocenters. The van der Waals surface area contributed by atoms with E-state index in [4.69, 9.17) is 4.74 Å². The van der Waals surface area contributed by atoms with Crippen molar-refractivity contribution in [3.63, 3.8) is 0 Å². The Bertz CT molecular complexity index is 2610. The second kappa shape index (κ2) is 12.5. The summed E-state index contributed by atoms with van der Waals surface area (Å²) in [7, 11) is 0. The Morgan fingerprint density at radius 2 is 0.889 bits per heavy atom. The first-order valence-corrected chi connectivity index (χ1v) is 18.8. The van der Waals surface area contributed by atoms with Gasteiger partial charge < -0.3 is 9.64 Å². The van der Waals surface area contributed by atoms with Crippen LogP contribution in [0.25, 0.3) is 22.3 Å². The van der Waals surface area contributed by atoms with Gasteiger partial charge >= 0.3 is 0 Å². The maximum absolute atomic E-state index is 6.37. The smallest absolute Gasteiger partial charge is 0.131 e. The molecule has 10 rings (SSSR count). The molecule has 0 radical (unpaired) electrons. The number of rotatable bonds is 6. The molecule has 8 aromatic carbocycles. The highest BCUT2D eigenvalue weighted by Gasteiger charge is 2.46. The molecule has 258 valence electrons. The van der Waals surface area contributed by atoms with E-state index in [1.54, 1.807) is 0 Å². The number of hydrogen-bond acceptors (Lipinski definition) is 2. The van der Waals surface area contributed by atoms with E-state index in [0.717, 1.165) is 28.6 Å². The van der Waals surface area contributed by atoms with E-state index in [1.807, 2.05) is 6.07 Å². The molecule has 0 saturated carbocycles. The number of hydrogen-bond donors (Lipinski definition) is 0. The zero-order valence-corrected chi connectivity index (χ0v) is 30.4. The Kier molecular flexibility index (Phi) is 7.42. The molecule has 54 heavy (non-hydrogen) atoms. The Balaban J connectivity index is 1.09. The zero-order valence-electron chi connectivity index (χ0n) is 30.4. The third-order valence-corrected chi connectivity index (χ3v) is 11.6. The second-order valence-electron chi connectivity index (χ2n) is 14.9. The molecule has 0 aromatic heterocycles. The molecule has 0 saturated heterocycles. The van der Waals surface area contributed by atoms with Gasteiger partial charge in [-0.2, -0.15) is 0 Å². The molecule has 0 bridgehead atoms. The largest absolute Gasteiger partial charge is 0.457 e. The molecular formula is C52H39NO. The predicted octanol–water partition coefficient (Wildman–Crippen LogP) is 13.6. The average Bonchev–Trinajstić information content (AvgIpc) is 3.53. The fraction of sp³-hybridized carbons (Fsp3) is 0.0769. The summed E-state index contributed by atoms with van der Waals surface area (Å²) in [4.78, 5) is 2.37. The Morgan fingerprint density at radius 1 is 0.370 bits per heavy atom. The van der Waals surface area contributed by atoms with E-state index in [1.165, 1.54) is 55.6 Å². The summed E-state index contributed by atoms with van der Waals surface area (Å²) in [5.41, 5.74) is 15.1. The Hall–Kier alpha value is -6.64. The van der Waals surface area contributed by atoms with Crippen LogP contribution in [0.5, 0.6) is 11.5 Å². The van der Waals surface area contributed by atoms with Crippen LogP contribution < -0.4 is 9.64 Å². The van der Waals surface area contributed by atoms with Crippen LogP contribution in [0.2, 0.25) is 0 Å². The van der Waals surface area contributed by atoms with E-state index < -0.39 is 5.41 Å². The molecule has 8 aromatic rings. The van der Waals surface area contributed by atoms with Crippen molar-refractivity contribution < 1.29 is 4.74 Å². The molecule has 0 N–H and O–H groups in total. The number of fused-ring (bicyclic) bond motifs is 5. The van der Waals surface area contributed by atoms with E-state index in [9.17, 15) is 0 Å². The number of para-hydroxylation sites is 2. The fourth-order valence-corrected chi connectivity index (χ4v) is 9.04. The molecule has 2 nitrogen and oxygen atoms in total. The van der Waals surface area contributed by atoms with Crippen LogP contribution in [-0.2, 0) is 10.8 Å². The lowest BCUT2D eigenvalue weighted by atomic mass is 9.67. The Morgan fingerprint density at radius 3 is 1.59 bits per heavy atom. The average molecular weight is 694 g/mol. The summed E-state index contributed by atoms with van der Waals surface area (Å²) in [5, 5.41) is 0. The highest BCUT2D eigenvalue weighted by molar-refractivity contribution is 5.87. The van der Waals surface area contributed by atoms with Crippen LogP contribution in [0.4, 0.5) is 17.1 Å². The number of ether oxygens (including phenoxy) is 1. The highest BCUT2D eigenvalue weighted by atomic mass is 16.5. The monoisotopic (exact) mass is 693 g/mol. The molecule has 1 heterocycles. The van der Waals surface area contributed by atoms with Gasteiger partial charge in [0.15, 0.2) is 0 Å². The van der Waals surface area contributed by atoms with Gasteiger partial charge in [0.2, 0.25) is 0 Å². The minimum atomic E-state index is -0.471. The van der Waals surface area contributed by atoms with Crippen LogP contribution in [0.15, 0.2) is 200 Å². The van der Waals surface area contributed by atoms with Crippen LogP contribution in [0.1, 0.15) is 47.2 Å². The minimum absolute atomic E-state index is 0.174. The van der Waals surface area contributed by atoms with Gasteiger partial charge in [0.1, 0.15) is 11.5 Å². The summed E-state index contributed by atoms with van der Waals surface area (Å²) in [6, 6.07) is 72.7. The predicted molar refractivity (Wildman–Crippen MR) is 223 cm³/mol. The molecule has 1 aliphatic carbocycles. The van der Waals surface area contributed by atoms with Gasteiger partial charge in [0.05, 0.1) is 5.41 Å². The zero-order chi connectivity index (χ0) is 36.3. The van der Waals surface area contributed by atoms with E-state index in [2.05, 4.69) is 213 Å². The van der Waals surface area contributed by atoms with Crippen molar-refractivity contribution in [2.45, 2.75) is 24.7 Å². The van der Waals surface area contributed by atoms with Gasteiger partial charge in [-0.3, -0.25) is 0 Å². The van der Waals surface area contributed by atoms with Crippen LogP contribution in [0, 0.1) is 0 Å². The van der Waals surface area contributed by atoms with Gasteiger partial charge in [-0.05, 0) is 99.1 Å². The summed E-state index contributed by atoms with van der Waals surface area (Å²) >= 11 is 0. The third kappa shape index (κ3) is 4.87. The van der Waals surface area contributed by atoms with Crippen molar-refractivity contribution in [1.29, 1.82) is 0 Å². The molecular weight excluding hydrogens is 655 g/mol. The second-order valence-corrected chi connectivity index (χ2v) is 14.9. The van der Waals surface area contributed by atoms with E-state index in [0.29, 0.717) is 0 Å². The quantitative estimate of drug-likeness (QED) is 0.172. The van der Waals surface area contributed by atoms with E-state index in [-0.39, 0.29) is 5.41 Å². The highest BCUT2D eigenvalue weighted by Crippen LogP contribution is 2.56. The van der Waals surface area contributed by atoms with Crippen molar-refractivity contribution in [3.05, 3.63) is 234 Å². The van der Waals surface area contributed by atoms with Gasteiger partial charge in [-0.25, -0.2) is 0 Å². The molecule has 0 unspecified atom stereocenters. The van der Waals surface area contributed by atoms with Gasteiger partial charge in [-0.1, -0.05) is 159 Å². The van der Waals surface area contributed by atoms with Gasteiger partial charge in [0, 0.05) is 33.6 Å². The minimum Gasteiger partial charge on any atom is -0.457 e. The van der Waals surface area contributed by atoms with Crippen LogP contribution >= 0.6 is 0 Å². The lowest BCUT2D eigenvalue weighted by Crippen LogP contribution is -2.28. The summed E-state index contributed by atoms with van der Waals surface area (Å²) in [6.45, 7) is 4.58. The summed E-state index contributed by atoms with van der Waals surface area (Å²) in [5.74, 6) is 1.86. The maximum atomic E-state index is 6.37. The first-order valence-electron chi connectivity index (χ1n) is 18.8. The molecule has 0 amide bonds. The number of anilines is 3. The SMILES string of the molecule is CC1(C)c2ccccc2Oc2ccc(-c3ccc(N(c4ccccc4)c4cccc(C5(c6ccccc6)c6ccccc6-c6ccccc65)c4)cc3)cc21. The lowest BCUT2D eigenvalue weighted by molar-refractivity contribution is 0.418. The fourth-order valence-electron chi connectivity index (χ4n) is 9.04. The van der Waals surface area contributed by atoms with Crippen molar-refractivity contribution >= 4 is 17.1 Å². The van der Waals surface area contributed by atoms with Crippen LogP contribution in [-0.4, -0.2) is 0 Å². The van der Waals surface area contributed by atoms with Gasteiger partial charge in [0.25, 0.3) is 0 Å². The third-order valence-electron chi connectivity index (χ3n) is 11.6. The van der Waals surface area contributed by atoms with E-state index >= 15 is 0 Å². The Labute approximate surface area is 317 Å². The molecule has 2 heteroatoms. The van der Waals surface area contributed by atoms with Crippen molar-refractivity contribution in [1.82, 2.24) is 0 Å².